The van der Waals surface area contributed by atoms with E-state index < -0.39 is 0 Å². The molecule has 0 aliphatic heterocycles. The Hall–Kier alpha value is -1.13. The molecule has 0 aliphatic rings. The average molecular weight is 383 g/mol. The molecule has 1 N–H and O–H groups in total. The van der Waals surface area contributed by atoms with Crippen LogP contribution in [0.3, 0.4) is 0 Å². The third-order valence-electron chi connectivity index (χ3n) is 4.44. The van der Waals surface area contributed by atoms with Gasteiger partial charge in [0.2, 0.25) is 0 Å². The van der Waals surface area contributed by atoms with Gasteiger partial charge in [-0.05, 0) is 32.1 Å². The van der Waals surface area contributed by atoms with Crippen molar-refractivity contribution in [3.05, 3.63) is 24.8 Å². The van der Waals surface area contributed by atoms with Crippen LogP contribution in [0.5, 0.6) is 0 Å². The second-order valence-corrected chi connectivity index (χ2v) is 7.10. The molecule has 1 atom stereocenters. The molecule has 0 bridgehead atoms. The largest absolute Gasteiger partial charge is 0.463 e. The summed E-state index contributed by atoms with van der Waals surface area (Å²) < 4.78 is 10.2. The fourth-order valence-corrected chi connectivity index (χ4v) is 2.81. The zero-order chi connectivity index (χ0) is 20.0. The fourth-order valence-electron chi connectivity index (χ4n) is 2.81. The van der Waals surface area contributed by atoms with Crippen LogP contribution < -0.4 is 0 Å². The van der Waals surface area contributed by atoms with Crippen LogP contribution in [0.2, 0.25) is 0 Å². The molecular weight excluding hydrogens is 340 g/mol. The molecule has 0 unspecified atom stereocenters. The molecule has 158 valence electrons. The molecule has 0 aromatic heterocycles. The Labute approximate surface area is 167 Å². The fraction of sp³-hybridized carbons (Fsp3) is 0.783. The molecule has 0 aliphatic carbocycles. The first-order chi connectivity index (χ1) is 13.2. The summed E-state index contributed by atoms with van der Waals surface area (Å²) in [6, 6.07) is 0. The first-order valence-electron chi connectivity index (χ1n) is 10.9. The number of unbranched alkanes of at least 4 members (excludes halogenated alkanes) is 8. The van der Waals surface area contributed by atoms with Crippen molar-refractivity contribution in [2.24, 2.45) is 0 Å². The van der Waals surface area contributed by atoms with E-state index in [0.29, 0.717) is 26.2 Å². The number of aliphatic hydroxyl groups is 1. The first kappa shape index (κ1) is 25.9. The molecule has 0 radical (unpaired) electrons. The standard InChI is InChI=1S/C23H42O4/c1-3-5-6-13-16-22(24)17-14-11-9-7-8-10-12-15-18-23(25)27-21-20-26-19-4-2/h4,11,14,22,24H,2-3,5-10,12-13,15-21H2,1H3/b14-11-/t22-/m1/s1. The molecule has 0 saturated heterocycles. The van der Waals surface area contributed by atoms with Gasteiger partial charge in [0.05, 0.1) is 19.3 Å². The van der Waals surface area contributed by atoms with Gasteiger partial charge in [0.25, 0.3) is 0 Å². The van der Waals surface area contributed by atoms with Gasteiger partial charge < -0.3 is 14.6 Å². The molecular formula is C23H42O4. The summed E-state index contributed by atoms with van der Waals surface area (Å²) in [7, 11) is 0. The SMILES string of the molecule is C=CCOCCOC(=O)CCCCCCC/C=C\C[C@H](O)CCCCCC. The topological polar surface area (TPSA) is 55.8 Å². The molecule has 4 heteroatoms. The first-order valence-corrected chi connectivity index (χ1v) is 10.9. The van der Waals surface area contributed by atoms with E-state index in [1.165, 1.54) is 32.1 Å². The predicted molar refractivity (Wildman–Crippen MR) is 113 cm³/mol. The van der Waals surface area contributed by atoms with E-state index in [1.807, 2.05) is 0 Å². The molecule has 0 amide bonds. The Kier molecular flexibility index (Phi) is 20.3. The normalized spacial score (nSPS) is 12.4. The Balaban J connectivity index is 3.31. The van der Waals surface area contributed by atoms with Crippen LogP contribution in [0, 0.1) is 0 Å². The zero-order valence-corrected chi connectivity index (χ0v) is 17.5. The summed E-state index contributed by atoms with van der Waals surface area (Å²) in [5.74, 6) is -0.131. The number of aliphatic hydroxyl groups excluding tert-OH is 1. The molecule has 0 rings (SSSR count). The van der Waals surface area contributed by atoms with E-state index in [0.717, 1.165) is 44.9 Å². The lowest BCUT2D eigenvalue weighted by Crippen LogP contribution is -2.10. The van der Waals surface area contributed by atoms with Crippen LogP contribution in [0.15, 0.2) is 24.8 Å². The highest BCUT2D eigenvalue weighted by Crippen LogP contribution is 2.10. The van der Waals surface area contributed by atoms with Gasteiger partial charge in [-0.25, -0.2) is 0 Å². The van der Waals surface area contributed by atoms with Crippen molar-refractivity contribution in [3.63, 3.8) is 0 Å². The van der Waals surface area contributed by atoms with E-state index in [9.17, 15) is 9.90 Å². The van der Waals surface area contributed by atoms with Gasteiger partial charge in [-0.3, -0.25) is 4.79 Å². The Morgan fingerprint density at radius 3 is 2.52 bits per heavy atom. The second-order valence-electron chi connectivity index (χ2n) is 7.10. The van der Waals surface area contributed by atoms with Crippen LogP contribution in [0.1, 0.15) is 90.4 Å². The number of hydrogen-bond acceptors (Lipinski definition) is 4. The summed E-state index contributed by atoms with van der Waals surface area (Å²) >= 11 is 0. The smallest absolute Gasteiger partial charge is 0.305 e. The van der Waals surface area contributed by atoms with Crippen molar-refractivity contribution in [2.75, 3.05) is 19.8 Å². The molecule has 4 nitrogen and oxygen atoms in total. The summed E-state index contributed by atoms with van der Waals surface area (Å²) in [5, 5.41) is 9.89. The van der Waals surface area contributed by atoms with Gasteiger partial charge >= 0.3 is 5.97 Å². The van der Waals surface area contributed by atoms with Crippen molar-refractivity contribution in [1.82, 2.24) is 0 Å². The maximum absolute atomic E-state index is 11.5. The van der Waals surface area contributed by atoms with Crippen molar-refractivity contribution in [2.45, 2.75) is 96.5 Å². The number of ether oxygens (including phenoxy) is 2. The van der Waals surface area contributed by atoms with Gasteiger partial charge in [0.15, 0.2) is 0 Å². The van der Waals surface area contributed by atoms with E-state index in [4.69, 9.17) is 9.47 Å². The quantitative estimate of drug-likeness (QED) is 0.166. The number of hydrogen-bond donors (Lipinski definition) is 1. The summed E-state index contributed by atoms with van der Waals surface area (Å²) in [5.41, 5.74) is 0. The van der Waals surface area contributed by atoms with E-state index in [-0.39, 0.29) is 12.1 Å². The number of carbonyl (C=O) groups excluding carboxylic acids is 1. The molecule has 27 heavy (non-hydrogen) atoms. The van der Waals surface area contributed by atoms with Crippen molar-refractivity contribution >= 4 is 5.97 Å². The highest BCUT2D eigenvalue weighted by atomic mass is 16.6. The summed E-state index contributed by atoms with van der Waals surface area (Å²) in [6.45, 7) is 7.01. The predicted octanol–water partition coefficient (Wildman–Crippen LogP) is 5.74. The van der Waals surface area contributed by atoms with Gasteiger partial charge in [-0.1, -0.05) is 70.1 Å². The third kappa shape index (κ3) is 21.0. The maximum atomic E-state index is 11.5. The van der Waals surface area contributed by atoms with Crippen molar-refractivity contribution < 1.29 is 19.4 Å². The molecule has 0 saturated carbocycles. The van der Waals surface area contributed by atoms with Gasteiger partial charge in [-0.15, -0.1) is 6.58 Å². The molecule has 0 heterocycles. The van der Waals surface area contributed by atoms with Crippen LogP contribution in [-0.4, -0.2) is 37.0 Å². The summed E-state index contributed by atoms with van der Waals surface area (Å²) in [6.07, 6.45) is 19.5. The van der Waals surface area contributed by atoms with E-state index >= 15 is 0 Å². The lowest BCUT2D eigenvalue weighted by atomic mass is 10.1. The molecule has 0 aromatic carbocycles. The Morgan fingerprint density at radius 2 is 1.74 bits per heavy atom. The minimum atomic E-state index is -0.175. The van der Waals surface area contributed by atoms with Crippen LogP contribution in [-0.2, 0) is 14.3 Å². The lowest BCUT2D eigenvalue weighted by Gasteiger charge is -2.07. The minimum absolute atomic E-state index is 0.131. The molecule has 0 spiro atoms. The second kappa shape index (κ2) is 21.2. The van der Waals surface area contributed by atoms with Crippen LogP contribution in [0.4, 0.5) is 0 Å². The third-order valence-corrected chi connectivity index (χ3v) is 4.44. The van der Waals surface area contributed by atoms with Crippen molar-refractivity contribution in [1.29, 1.82) is 0 Å². The molecule has 0 aromatic rings. The van der Waals surface area contributed by atoms with Crippen LogP contribution >= 0.6 is 0 Å². The highest BCUT2D eigenvalue weighted by Gasteiger charge is 2.02. The minimum Gasteiger partial charge on any atom is -0.463 e. The number of rotatable bonds is 20. The lowest BCUT2D eigenvalue weighted by molar-refractivity contribution is -0.145. The maximum Gasteiger partial charge on any atom is 0.305 e. The van der Waals surface area contributed by atoms with Crippen LogP contribution in [0.25, 0.3) is 0 Å². The van der Waals surface area contributed by atoms with E-state index in [1.54, 1.807) is 6.08 Å². The van der Waals surface area contributed by atoms with E-state index in [2.05, 4.69) is 25.7 Å². The number of allylic oxidation sites excluding steroid dienone is 1. The zero-order valence-electron chi connectivity index (χ0n) is 17.5. The number of esters is 1. The van der Waals surface area contributed by atoms with Crippen molar-refractivity contribution in [3.8, 4) is 0 Å². The molecule has 0 fully saturated rings. The van der Waals surface area contributed by atoms with Gasteiger partial charge in [-0.2, -0.15) is 0 Å². The Morgan fingerprint density at radius 1 is 1.00 bits per heavy atom. The summed E-state index contributed by atoms with van der Waals surface area (Å²) in [4.78, 5) is 11.5. The monoisotopic (exact) mass is 382 g/mol. The van der Waals surface area contributed by atoms with Gasteiger partial charge in [0.1, 0.15) is 6.61 Å². The Bertz CT molecular complexity index is 365. The van der Waals surface area contributed by atoms with Gasteiger partial charge in [0, 0.05) is 6.42 Å². The number of carbonyl (C=O) groups is 1. The average Bonchev–Trinajstić information content (AvgIpc) is 2.66. The highest BCUT2D eigenvalue weighted by molar-refractivity contribution is 5.69.